The summed E-state index contributed by atoms with van der Waals surface area (Å²) < 4.78 is 6.58. The van der Waals surface area contributed by atoms with Crippen molar-refractivity contribution in [2.75, 3.05) is 26.2 Å². The van der Waals surface area contributed by atoms with Gasteiger partial charge in [0.15, 0.2) is 0 Å². The summed E-state index contributed by atoms with van der Waals surface area (Å²) in [5, 5.41) is 9.96. The highest BCUT2D eigenvalue weighted by atomic mass is 16.5. The number of aliphatic hydroxyl groups excluding tert-OH is 1. The van der Waals surface area contributed by atoms with Gasteiger partial charge in [-0.1, -0.05) is 44.6 Å². The highest BCUT2D eigenvalue weighted by molar-refractivity contribution is 6.00. The average molecular weight is 460 g/mol. The molecule has 8 nitrogen and oxygen atoms in total. The van der Waals surface area contributed by atoms with E-state index in [4.69, 9.17) is 4.74 Å². The van der Waals surface area contributed by atoms with Crippen molar-refractivity contribution in [1.82, 2.24) is 14.7 Å². The zero-order valence-electron chi connectivity index (χ0n) is 20.1. The fraction of sp³-hybridized carbons (Fsp3) is 0.720. The van der Waals surface area contributed by atoms with E-state index in [0.717, 1.165) is 19.3 Å². The summed E-state index contributed by atoms with van der Waals surface area (Å²) in [5.41, 5.74) is -1.22. The van der Waals surface area contributed by atoms with Gasteiger partial charge >= 0.3 is 0 Å². The summed E-state index contributed by atoms with van der Waals surface area (Å²) in [6.45, 7) is 9.14. The van der Waals surface area contributed by atoms with Crippen molar-refractivity contribution in [2.45, 2.75) is 76.8 Å². The van der Waals surface area contributed by atoms with Gasteiger partial charge in [0, 0.05) is 25.7 Å². The summed E-state index contributed by atoms with van der Waals surface area (Å²) in [5.74, 6) is -2.02. The average Bonchev–Trinajstić information content (AvgIpc) is 3.12. The van der Waals surface area contributed by atoms with E-state index in [1.165, 1.54) is 4.90 Å². The van der Waals surface area contributed by atoms with Crippen molar-refractivity contribution in [3.8, 4) is 0 Å². The summed E-state index contributed by atoms with van der Waals surface area (Å²) in [7, 11) is 0. The molecule has 8 heteroatoms. The number of amides is 3. The van der Waals surface area contributed by atoms with E-state index < -0.39 is 35.6 Å². The Bertz CT molecular complexity index is 857. The van der Waals surface area contributed by atoms with Crippen molar-refractivity contribution in [1.29, 1.82) is 0 Å². The Morgan fingerprint density at radius 3 is 2.48 bits per heavy atom. The maximum Gasteiger partial charge on any atom is 0.249 e. The molecule has 4 aliphatic rings. The van der Waals surface area contributed by atoms with Crippen LogP contribution >= 0.6 is 0 Å². The van der Waals surface area contributed by atoms with E-state index in [1.807, 2.05) is 43.1 Å². The number of carbonyl (C=O) groups excluding carboxylic acids is 3. The minimum atomic E-state index is -1.22. The Hall–Kier alpha value is -2.19. The minimum Gasteiger partial charge on any atom is -0.394 e. The first-order valence-corrected chi connectivity index (χ1v) is 12.4. The zero-order valence-corrected chi connectivity index (χ0v) is 20.1. The van der Waals surface area contributed by atoms with E-state index in [9.17, 15) is 19.5 Å². The van der Waals surface area contributed by atoms with Crippen LogP contribution in [0, 0.1) is 11.8 Å². The molecule has 182 valence electrons. The quantitative estimate of drug-likeness (QED) is 0.581. The molecular weight excluding hydrogens is 422 g/mol. The topological polar surface area (TPSA) is 90.4 Å². The van der Waals surface area contributed by atoms with Crippen molar-refractivity contribution in [3.05, 3.63) is 24.3 Å². The molecule has 1 spiro atoms. The lowest BCUT2D eigenvalue weighted by Gasteiger charge is -2.39. The molecule has 7 atom stereocenters. The van der Waals surface area contributed by atoms with Gasteiger partial charge in [0.1, 0.15) is 11.6 Å². The molecule has 4 heterocycles. The van der Waals surface area contributed by atoms with E-state index in [0.29, 0.717) is 19.6 Å². The lowest BCUT2D eigenvalue weighted by molar-refractivity contribution is -0.152. The van der Waals surface area contributed by atoms with Crippen LogP contribution in [-0.4, -0.2) is 93.6 Å². The predicted octanol–water partition coefficient (Wildman–Crippen LogP) is 1.34. The summed E-state index contributed by atoms with van der Waals surface area (Å²) in [6.07, 6.45) is 9.65. The van der Waals surface area contributed by atoms with E-state index in [2.05, 4.69) is 6.92 Å². The SMILES string of the molecule is CCCC(C)N1CC=C[C@]23O[C@H]4C=CCN(CCC)C(=O)[C@H]4[C@H]2C(=O)N([C@H](C)CO)C3C1=O. The number of nitrogens with zero attached hydrogens (tertiary/aromatic N) is 3. The molecule has 0 saturated carbocycles. The molecule has 4 rings (SSSR count). The normalized spacial score (nSPS) is 35.3. The number of hydrogen-bond acceptors (Lipinski definition) is 5. The molecule has 2 saturated heterocycles. The second-order valence-corrected chi connectivity index (χ2v) is 9.86. The van der Waals surface area contributed by atoms with Gasteiger partial charge in [0.2, 0.25) is 17.7 Å². The maximum atomic E-state index is 14.0. The third kappa shape index (κ3) is 3.62. The van der Waals surface area contributed by atoms with Gasteiger partial charge in [0.05, 0.1) is 30.6 Å². The molecule has 0 bridgehead atoms. The van der Waals surface area contributed by atoms with Gasteiger partial charge in [-0.3, -0.25) is 14.4 Å². The Morgan fingerprint density at radius 1 is 1.06 bits per heavy atom. The lowest BCUT2D eigenvalue weighted by Crippen LogP contribution is -2.58. The number of carbonyl (C=O) groups is 3. The maximum absolute atomic E-state index is 14.0. The molecule has 0 aliphatic carbocycles. The van der Waals surface area contributed by atoms with Crippen LogP contribution in [0.1, 0.15) is 47.0 Å². The molecule has 2 fully saturated rings. The molecule has 4 aliphatic heterocycles. The highest BCUT2D eigenvalue weighted by Crippen LogP contribution is 2.54. The number of rotatable bonds is 7. The van der Waals surface area contributed by atoms with Crippen molar-refractivity contribution in [3.63, 3.8) is 0 Å². The molecule has 0 aromatic heterocycles. The first kappa shape index (κ1) is 24.0. The molecular formula is C25H37N3O5. The van der Waals surface area contributed by atoms with Gasteiger partial charge in [-0.25, -0.2) is 0 Å². The van der Waals surface area contributed by atoms with E-state index in [1.54, 1.807) is 11.8 Å². The number of aliphatic hydroxyl groups is 1. The van der Waals surface area contributed by atoms with Gasteiger partial charge in [-0.05, 0) is 26.7 Å². The fourth-order valence-corrected chi connectivity index (χ4v) is 6.15. The molecule has 0 radical (unpaired) electrons. The summed E-state index contributed by atoms with van der Waals surface area (Å²) >= 11 is 0. The Balaban J connectivity index is 1.81. The second-order valence-electron chi connectivity index (χ2n) is 9.86. The molecule has 3 amide bonds. The third-order valence-corrected chi connectivity index (χ3v) is 7.68. The molecule has 1 N–H and O–H groups in total. The highest BCUT2D eigenvalue weighted by Gasteiger charge is 2.72. The van der Waals surface area contributed by atoms with Crippen molar-refractivity contribution < 1.29 is 24.2 Å². The van der Waals surface area contributed by atoms with Crippen LogP contribution < -0.4 is 0 Å². The van der Waals surface area contributed by atoms with Crippen LogP contribution in [0.15, 0.2) is 24.3 Å². The zero-order chi connectivity index (χ0) is 23.9. The standard InChI is InChI=1S/C25H37N3O5/c1-5-9-16(3)27-14-8-11-25-20(23(31)28(17(4)15-29)21(25)24(27)32)19-18(33-25)10-7-13-26(12-6-2)22(19)30/h7-8,10-11,16-21,29H,5-6,9,12-15H2,1-4H3/t16?,17-,18+,19-,20+,21?,25+/m1/s1. The van der Waals surface area contributed by atoms with Gasteiger partial charge < -0.3 is 24.5 Å². The lowest BCUT2D eigenvalue weighted by atomic mass is 9.77. The predicted molar refractivity (Wildman–Crippen MR) is 123 cm³/mol. The molecule has 2 unspecified atom stereocenters. The second kappa shape index (κ2) is 9.22. The van der Waals surface area contributed by atoms with Crippen LogP contribution in [0.5, 0.6) is 0 Å². The van der Waals surface area contributed by atoms with E-state index >= 15 is 0 Å². The smallest absolute Gasteiger partial charge is 0.249 e. The number of fused-ring (bicyclic) bond motifs is 2. The molecule has 0 aromatic carbocycles. The number of ether oxygens (including phenoxy) is 1. The first-order valence-electron chi connectivity index (χ1n) is 12.4. The van der Waals surface area contributed by atoms with Crippen LogP contribution in [0.4, 0.5) is 0 Å². The Kier molecular flexibility index (Phi) is 6.69. The van der Waals surface area contributed by atoms with Crippen molar-refractivity contribution in [2.24, 2.45) is 11.8 Å². The fourth-order valence-electron chi connectivity index (χ4n) is 6.15. The van der Waals surface area contributed by atoms with Crippen LogP contribution in [-0.2, 0) is 19.1 Å². The largest absolute Gasteiger partial charge is 0.394 e. The number of likely N-dealkylation sites (tertiary alicyclic amines) is 1. The third-order valence-electron chi connectivity index (χ3n) is 7.68. The number of hydrogen-bond donors (Lipinski definition) is 1. The van der Waals surface area contributed by atoms with Gasteiger partial charge in [-0.15, -0.1) is 0 Å². The Morgan fingerprint density at radius 2 is 1.82 bits per heavy atom. The first-order chi connectivity index (χ1) is 15.8. The monoisotopic (exact) mass is 459 g/mol. The molecule has 33 heavy (non-hydrogen) atoms. The van der Waals surface area contributed by atoms with Gasteiger partial charge in [-0.2, -0.15) is 0 Å². The minimum absolute atomic E-state index is 0.0104. The summed E-state index contributed by atoms with van der Waals surface area (Å²) in [6, 6.07) is -1.45. The van der Waals surface area contributed by atoms with Crippen LogP contribution in [0.3, 0.4) is 0 Å². The Labute approximate surface area is 196 Å². The summed E-state index contributed by atoms with van der Waals surface area (Å²) in [4.78, 5) is 46.6. The van der Waals surface area contributed by atoms with Crippen LogP contribution in [0.25, 0.3) is 0 Å². The van der Waals surface area contributed by atoms with Crippen molar-refractivity contribution >= 4 is 17.7 Å². The van der Waals surface area contributed by atoms with Gasteiger partial charge in [0.25, 0.3) is 0 Å². The van der Waals surface area contributed by atoms with Crippen LogP contribution in [0.2, 0.25) is 0 Å². The van der Waals surface area contributed by atoms with E-state index in [-0.39, 0.29) is 30.4 Å². The molecule has 0 aromatic rings.